The van der Waals surface area contributed by atoms with Gasteiger partial charge in [-0.05, 0) is 58.8 Å². The van der Waals surface area contributed by atoms with Gasteiger partial charge in [0.25, 0.3) is 0 Å². The Morgan fingerprint density at radius 3 is 2.53 bits per heavy atom. The summed E-state index contributed by atoms with van der Waals surface area (Å²) in [6.45, 7) is 2.66. The van der Waals surface area contributed by atoms with Crippen LogP contribution in [0.15, 0.2) is 32.0 Å². The lowest BCUT2D eigenvalue weighted by Crippen LogP contribution is -2.41. The lowest BCUT2D eigenvalue weighted by atomic mass is 9.67. The number of sulfonamides is 1. The first kappa shape index (κ1) is 15.5. The topological polar surface area (TPSA) is 46.2 Å². The van der Waals surface area contributed by atoms with E-state index in [4.69, 9.17) is 0 Å². The van der Waals surface area contributed by atoms with Gasteiger partial charge in [0.2, 0.25) is 10.0 Å². The molecule has 1 fully saturated rings. The van der Waals surface area contributed by atoms with Crippen molar-refractivity contribution in [2.24, 2.45) is 5.41 Å². The Morgan fingerprint density at radius 2 is 2.00 bits per heavy atom. The standard InChI is InChI=1S/C13H17Br2NO2S/c1-2-13(6-3-7-13)9-16-19(17,18)12-8-10(14)4-5-11(12)15/h4-5,8,16H,2-3,6-7,9H2,1H3. The average molecular weight is 411 g/mol. The lowest BCUT2D eigenvalue weighted by molar-refractivity contribution is 0.133. The van der Waals surface area contributed by atoms with Crippen molar-refractivity contribution in [3.05, 3.63) is 27.1 Å². The van der Waals surface area contributed by atoms with Crippen molar-refractivity contribution in [1.29, 1.82) is 0 Å². The summed E-state index contributed by atoms with van der Waals surface area (Å²) in [4.78, 5) is 0.285. The minimum Gasteiger partial charge on any atom is -0.211 e. The summed E-state index contributed by atoms with van der Waals surface area (Å²) in [6, 6.07) is 5.16. The Labute approximate surface area is 131 Å². The molecule has 3 nitrogen and oxygen atoms in total. The zero-order chi connectivity index (χ0) is 14.1. The van der Waals surface area contributed by atoms with Crippen LogP contribution < -0.4 is 4.72 Å². The van der Waals surface area contributed by atoms with Crippen LogP contribution in [-0.4, -0.2) is 15.0 Å². The molecule has 0 aromatic heterocycles. The fourth-order valence-corrected chi connectivity index (χ4v) is 5.00. The van der Waals surface area contributed by atoms with E-state index in [1.807, 2.05) is 6.07 Å². The monoisotopic (exact) mass is 409 g/mol. The molecule has 2 rings (SSSR count). The van der Waals surface area contributed by atoms with Crippen molar-refractivity contribution in [3.63, 3.8) is 0 Å². The van der Waals surface area contributed by atoms with Crippen LogP contribution in [-0.2, 0) is 10.0 Å². The Balaban J connectivity index is 2.16. The second-order valence-corrected chi connectivity index (χ2v) is 8.61. The number of halogens is 2. The highest BCUT2D eigenvalue weighted by atomic mass is 79.9. The van der Waals surface area contributed by atoms with E-state index >= 15 is 0 Å². The fraction of sp³-hybridized carbons (Fsp3) is 0.538. The molecule has 0 radical (unpaired) electrons. The van der Waals surface area contributed by atoms with Crippen LogP contribution in [0.25, 0.3) is 0 Å². The Kier molecular flexibility index (Phi) is 4.75. The van der Waals surface area contributed by atoms with Crippen molar-refractivity contribution in [1.82, 2.24) is 4.72 Å². The average Bonchev–Trinajstić information content (AvgIpc) is 2.31. The summed E-state index contributed by atoms with van der Waals surface area (Å²) in [7, 11) is -3.46. The minimum atomic E-state index is -3.46. The summed E-state index contributed by atoms with van der Waals surface area (Å²) < 4.78 is 28.8. The van der Waals surface area contributed by atoms with Crippen molar-refractivity contribution in [2.75, 3.05) is 6.54 Å². The maximum Gasteiger partial charge on any atom is 0.241 e. The molecule has 106 valence electrons. The van der Waals surface area contributed by atoms with Gasteiger partial charge < -0.3 is 0 Å². The zero-order valence-corrected chi connectivity index (χ0v) is 14.7. The van der Waals surface area contributed by atoms with Gasteiger partial charge in [0.15, 0.2) is 0 Å². The molecule has 1 saturated carbocycles. The molecular weight excluding hydrogens is 394 g/mol. The van der Waals surface area contributed by atoms with E-state index in [1.54, 1.807) is 12.1 Å². The predicted molar refractivity (Wildman–Crippen MR) is 83.6 cm³/mol. The van der Waals surface area contributed by atoms with Crippen LogP contribution in [0, 0.1) is 5.41 Å². The van der Waals surface area contributed by atoms with Crippen molar-refractivity contribution >= 4 is 41.9 Å². The third-order valence-corrected chi connectivity index (χ3v) is 6.87. The van der Waals surface area contributed by atoms with Crippen LogP contribution >= 0.6 is 31.9 Å². The molecule has 0 bridgehead atoms. The number of nitrogens with one attached hydrogen (secondary N) is 1. The number of benzene rings is 1. The minimum absolute atomic E-state index is 0.172. The second kappa shape index (κ2) is 5.84. The third-order valence-electron chi connectivity index (χ3n) is 3.98. The molecule has 1 aromatic carbocycles. The summed E-state index contributed by atoms with van der Waals surface area (Å²) in [5.41, 5.74) is 0.172. The van der Waals surface area contributed by atoms with Gasteiger partial charge in [0.05, 0.1) is 4.90 Å². The molecule has 0 unspecified atom stereocenters. The van der Waals surface area contributed by atoms with Crippen LogP contribution in [0.4, 0.5) is 0 Å². The highest BCUT2D eigenvalue weighted by molar-refractivity contribution is 9.11. The first-order valence-electron chi connectivity index (χ1n) is 6.33. The third kappa shape index (κ3) is 3.40. The van der Waals surface area contributed by atoms with E-state index in [0.717, 1.165) is 23.7 Å². The molecule has 0 saturated heterocycles. The van der Waals surface area contributed by atoms with Crippen molar-refractivity contribution in [2.45, 2.75) is 37.5 Å². The highest BCUT2D eigenvalue weighted by Gasteiger charge is 2.36. The summed E-state index contributed by atoms with van der Waals surface area (Å²) in [6.07, 6.45) is 4.46. The van der Waals surface area contributed by atoms with Gasteiger partial charge in [-0.15, -0.1) is 0 Å². The Morgan fingerprint density at radius 1 is 1.32 bits per heavy atom. The molecule has 0 amide bonds. The molecule has 0 spiro atoms. The van der Waals surface area contributed by atoms with Gasteiger partial charge in [-0.1, -0.05) is 29.3 Å². The van der Waals surface area contributed by atoms with Gasteiger partial charge in [-0.25, -0.2) is 13.1 Å². The summed E-state index contributed by atoms with van der Waals surface area (Å²) in [5.74, 6) is 0. The predicted octanol–water partition coefficient (Wildman–Crippen LogP) is 4.07. The van der Waals surface area contributed by atoms with Crippen LogP contribution in [0.5, 0.6) is 0 Å². The van der Waals surface area contributed by atoms with Gasteiger partial charge in [0.1, 0.15) is 0 Å². The number of hydrogen-bond donors (Lipinski definition) is 1. The van der Waals surface area contributed by atoms with Gasteiger partial charge in [-0.3, -0.25) is 0 Å². The first-order chi connectivity index (χ1) is 8.88. The van der Waals surface area contributed by atoms with Crippen molar-refractivity contribution in [3.8, 4) is 0 Å². The number of hydrogen-bond acceptors (Lipinski definition) is 2. The van der Waals surface area contributed by atoms with Gasteiger partial charge in [-0.2, -0.15) is 0 Å². The largest absolute Gasteiger partial charge is 0.241 e. The van der Waals surface area contributed by atoms with Gasteiger partial charge >= 0.3 is 0 Å². The SMILES string of the molecule is CCC1(CNS(=O)(=O)c2cc(Br)ccc2Br)CCC1. The van der Waals surface area contributed by atoms with E-state index < -0.39 is 10.0 Å². The first-order valence-corrected chi connectivity index (χ1v) is 9.40. The summed E-state index contributed by atoms with van der Waals surface area (Å²) in [5, 5.41) is 0. The molecule has 1 N–H and O–H groups in total. The Hall–Kier alpha value is 0.0900. The quantitative estimate of drug-likeness (QED) is 0.795. The van der Waals surface area contributed by atoms with E-state index in [9.17, 15) is 8.42 Å². The molecule has 0 aliphatic heterocycles. The zero-order valence-electron chi connectivity index (χ0n) is 10.7. The van der Waals surface area contributed by atoms with E-state index in [-0.39, 0.29) is 10.3 Å². The molecule has 1 aliphatic carbocycles. The van der Waals surface area contributed by atoms with E-state index in [2.05, 4.69) is 43.5 Å². The smallest absolute Gasteiger partial charge is 0.211 e. The lowest BCUT2D eigenvalue weighted by Gasteiger charge is -2.41. The summed E-state index contributed by atoms with van der Waals surface area (Å²) >= 11 is 6.60. The second-order valence-electron chi connectivity index (χ2n) is 5.11. The van der Waals surface area contributed by atoms with E-state index in [0.29, 0.717) is 11.0 Å². The molecular formula is C13H17Br2NO2S. The Bertz CT molecular complexity index is 562. The molecule has 1 aliphatic rings. The molecule has 0 heterocycles. The normalized spacial score (nSPS) is 18.1. The molecule has 6 heteroatoms. The van der Waals surface area contributed by atoms with Crippen molar-refractivity contribution < 1.29 is 8.42 Å². The van der Waals surface area contributed by atoms with E-state index in [1.165, 1.54) is 6.42 Å². The maximum atomic E-state index is 12.3. The molecule has 19 heavy (non-hydrogen) atoms. The van der Waals surface area contributed by atoms with Crippen LogP contribution in [0.2, 0.25) is 0 Å². The van der Waals surface area contributed by atoms with Gasteiger partial charge in [0, 0.05) is 15.5 Å². The molecule has 1 aromatic rings. The van der Waals surface area contributed by atoms with Crippen LogP contribution in [0.3, 0.4) is 0 Å². The van der Waals surface area contributed by atoms with Crippen LogP contribution in [0.1, 0.15) is 32.6 Å². The maximum absolute atomic E-state index is 12.3. The fourth-order valence-electron chi connectivity index (χ4n) is 2.34. The number of rotatable bonds is 5. The highest BCUT2D eigenvalue weighted by Crippen LogP contribution is 2.43. The molecule has 0 atom stereocenters.